The first kappa shape index (κ1) is 19.9. The summed E-state index contributed by atoms with van der Waals surface area (Å²) in [7, 11) is 0. The maximum atomic E-state index is 13.4. The molecule has 164 valence electrons. The summed E-state index contributed by atoms with van der Waals surface area (Å²) in [5.41, 5.74) is 4.25. The molecule has 1 aliphatic carbocycles. The zero-order chi connectivity index (χ0) is 22.6. The number of carbonyl (C=O) groups excluding carboxylic acids is 1. The van der Waals surface area contributed by atoms with Gasteiger partial charge in [0.1, 0.15) is 12.1 Å². The van der Waals surface area contributed by atoms with E-state index < -0.39 is 0 Å². The van der Waals surface area contributed by atoms with Crippen molar-refractivity contribution in [2.75, 3.05) is 0 Å². The van der Waals surface area contributed by atoms with E-state index in [0.29, 0.717) is 36.6 Å². The number of hydrogen-bond donors (Lipinski definition) is 0. The summed E-state index contributed by atoms with van der Waals surface area (Å²) in [6, 6.07) is 20.2. The smallest absolute Gasteiger partial charge is 0.228 e. The summed E-state index contributed by atoms with van der Waals surface area (Å²) in [6.07, 6.45) is 3.47. The average molecular weight is 437 g/mol. The Labute approximate surface area is 192 Å². The molecule has 1 aliphatic heterocycles. The number of allylic oxidation sites excluding steroid dienone is 2. The van der Waals surface area contributed by atoms with Gasteiger partial charge in [0.2, 0.25) is 5.88 Å². The number of fused-ring (bicyclic) bond motifs is 3. The van der Waals surface area contributed by atoms with Gasteiger partial charge in [-0.15, -0.1) is 5.10 Å². The van der Waals surface area contributed by atoms with Crippen molar-refractivity contribution in [2.45, 2.75) is 39.0 Å². The maximum Gasteiger partial charge on any atom is 0.228 e. The highest BCUT2D eigenvalue weighted by Crippen LogP contribution is 2.50. The van der Waals surface area contributed by atoms with E-state index in [0.717, 1.165) is 28.0 Å². The number of ketones is 1. The van der Waals surface area contributed by atoms with Gasteiger partial charge >= 0.3 is 0 Å². The van der Waals surface area contributed by atoms with E-state index in [1.54, 1.807) is 10.8 Å². The molecule has 0 amide bonds. The number of carbonyl (C=O) groups is 1. The van der Waals surface area contributed by atoms with Gasteiger partial charge in [-0.25, -0.2) is 14.5 Å². The van der Waals surface area contributed by atoms with Crippen molar-refractivity contribution < 1.29 is 9.53 Å². The van der Waals surface area contributed by atoms with Gasteiger partial charge in [-0.1, -0.05) is 74.5 Å². The Morgan fingerprint density at radius 1 is 1.03 bits per heavy atom. The summed E-state index contributed by atoms with van der Waals surface area (Å²) >= 11 is 0. The lowest BCUT2D eigenvalue weighted by atomic mass is 9.70. The Kier molecular flexibility index (Phi) is 4.43. The van der Waals surface area contributed by atoms with Crippen molar-refractivity contribution in [1.29, 1.82) is 0 Å². The average Bonchev–Trinajstić information content (AvgIpc) is 3.20. The molecule has 6 heteroatoms. The SMILES string of the molecule is CC1(C)CC(=O)C2=C(C1)Oc1ncn3nc(Cc4ccccc4)nc3c1[C@@H]2c1ccccc1. The summed E-state index contributed by atoms with van der Waals surface area (Å²) in [6.45, 7) is 4.21. The predicted molar refractivity (Wildman–Crippen MR) is 124 cm³/mol. The number of benzene rings is 2. The van der Waals surface area contributed by atoms with Crippen molar-refractivity contribution in [3.63, 3.8) is 0 Å². The molecule has 0 fully saturated rings. The van der Waals surface area contributed by atoms with Gasteiger partial charge in [0.25, 0.3) is 0 Å². The van der Waals surface area contributed by atoms with Crippen LogP contribution < -0.4 is 4.74 Å². The van der Waals surface area contributed by atoms with E-state index >= 15 is 0 Å². The topological polar surface area (TPSA) is 69.4 Å². The first-order chi connectivity index (χ1) is 16.0. The van der Waals surface area contributed by atoms with E-state index in [9.17, 15) is 4.79 Å². The summed E-state index contributed by atoms with van der Waals surface area (Å²) in [5, 5.41) is 4.68. The van der Waals surface area contributed by atoms with E-state index in [-0.39, 0.29) is 17.1 Å². The third-order valence-electron chi connectivity index (χ3n) is 6.45. The van der Waals surface area contributed by atoms with Crippen molar-refractivity contribution in [3.05, 3.63) is 101 Å². The third-order valence-corrected chi connectivity index (χ3v) is 6.45. The fourth-order valence-corrected chi connectivity index (χ4v) is 5.02. The molecular weight excluding hydrogens is 412 g/mol. The third kappa shape index (κ3) is 3.42. The van der Waals surface area contributed by atoms with Gasteiger partial charge in [0.15, 0.2) is 17.3 Å². The van der Waals surface area contributed by atoms with Gasteiger partial charge < -0.3 is 4.74 Å². The minimum atomic E-state index is -0.279. The molecule has 1 atom stereocenters. The van der Waals surface area contributed by atoms with Crippen LogP contribution in [0.15, 0.2) is 78.3 Å². The normalized spacial score (nSPS) is 19.2. The van der Waals surface area contributed by atoms with Gasteiger partial charge in [-0.3, -0.25) is 4.79 Å². The summed E-state index contributed by atoms with van der Waals surface area (Å²) in [5.74, 6) is 1.81. The molecular formula is C27H24N4O2. The first-order valence-electron chi connectivity index (χ1n) is 11.3. The zero-order valence-electron chi connectivity index (χ0n) is 18.7. The number of aromatic nitrogens is 4. The molecule has 0 spiro atoms. The molecule has 0 saturated heterocycles. The second-order valence-electron chi connectivity index (χ2n) is 9.65. The van der Waals surface area contributed by atoms with Gasteiger partial charge in [-0.05, 0) is 16.5 Å². The van der Waals surface area contributed by atoms with Crippen LogP contribution >= 0.6 is 0 Å². The fourth-order valence-electron chi connectivity index (χ4n) is 5.02. The summed E-state index contributed by atoms with van der Waals surface area (Å²) < 4.78 is 8.00. The number of nitrogens with zero attached hydrogens (tertiary/aromatic N) is 4. The van der Waals surface area contributed by atoms with E-state index in [4.69, 9.17) is 9.72 Å². The molecule has 6 rings (SSSR count). The Bertz CT molecular complexity index is 1400. The molecule has 0 bridgehead atoms. The Balaban J connectivity index is 1.54. The van der Waals surface area contributed by atoms with Crippen LogP contribution in [-0.2, 0) is 11.2 Å². The van der Waals surface area contributed by atoms with Crippen LogP contribution in [0.25, 0.3) is 5.65 Å². The highest BCUT2D eigenvalue weighted by atomic mass is 16.5. The molecule has 2 aromatic carbocycles. The number of rotatable bonds is 3. The molecule has 4 aromatic rings. The van der Waals surface area contributed by atoms with E-state index in [1.165, 1.54) is 0 Å². The molecule has 0 saturated carbocycles. The second kappa shape index (κ2) is 7.37. The number of Topliss-reactive ketones (excluding diaryl/α,β-unsaturated/α-hetero) is 1. The van der Waals surface area contributed by atoms with Gasteiger partial charge in [-0.2, -0.15) is 0 Å². The predicted octanol–water partition coefficient (Wildman–Crippen LogP) is 4.88. The zero-order valence-corrected chi connectivity index (χ0v) is 18.7. The van der Waals surface area contributed by atoms with Gasteiger partial charge in [0, 0.05) is 30.8 Å². The lowest BCUT2D eigenvalue weighted by Crippen LogP contribution is -2.33. The van der Waals surface area contributed by atoms with Crippen molar-refractivity contribution in [2.24, 2.45) is 5.41 Å². The van der Waals surface area contributed by atoms with Crippen LogP contribution in [0.2, 0.25) is 0 Å². The van der Waals surface area contributed by atoms with Crippen LogP contribution in [-0.4, -0.2) is 25.4 Å². The monoisotopic (exact) mass is 436 g/mol. The molecule has 2 aromatic heterocycles. The van der Waals surface area contributed by atoms with E-state index in [1.807, 2.05) is 36.4 Å². The first-order valence-corrected chi connectivity index (χ1v) is 11.3. The minimum Gasteiger partial charge on any atom is -0.442 e. The van der Waals surface area contributed by atoms with Crippen LogP contribution in [0.1, 0.15) is 55.1 Å². The lowest BCUT2D eigenvalue weighted by Gasteiger charge is -2.37. The maximum absolute atomic E-state index is 13.4. The Hall–Kier alpha value is -3.80. The lowest BCUT2D eigenvalue weighted by molar-refractivity contribution is -0.118. The van der Waals surface area contributed by atoms with Crippen molar-refractivity contribution in [3.8, 4) is 5.88 Å². The van der Waals surface area contributed by atoms with Crippen molar-refractivity contribution >= 4 is 11.4 Å². The molecule has 33 heavy (non-hydrogen) atoms. The number of ether oxygens (including phenoxy) is 1. The largest absolute Gasteiger partial charge is 0.442 e. The Morgan fingerprint density at radius 2 is 1.76 bits per heavy atom. The molecule has 2 aliphatic rings. The number of hydrogen-bond acceptors (Lipinski definition) is 5. The Morgan fingerprint density at radius 3 is 2.52 bits per heavy atom. The molecule has 0 N–H and O–H groups in total. The molecule has 0 unspecified atom stereocenters. The molecule has 6 nitrogen and oxygen atoms in total. The van der Waals surface area contributed by atoms with Gasteiger partial charge in [0.05, 0.1) is 5.56 Å². The molecule has 3 heterocycles. The van der Waals surface area contributed by atoms with Crippen LogP contribution in [0.5, 0.6) is 5.88 Å². The van der Waals surface area contributed by atoms with E-state index in [2.05, 4.69) is 48.2 Å². The van der Waals surface area contributed by atoms with Crippen molar-refractivity contribution in [1.82, 2.24) is 19.6 Å². The highest BCUT2D eigenvalue weighted by Gasteiger charge is 2.43. The van der Waals surface area contributed by atoms with Crippen LogP contribution in [0.4, 0.5) is 0 Å². The quantitative estimate of drug-likeness (QED) is 0.458. The standard InChI is InChI=1S/C27H24N4O2/c1-27(2)14-19(32)23-20(15-27)33-26-24(22(23)18-11-7-4-8-12-18)25-29-21(30-31(25)16-28-26)13-17-9-5-3-6-10-17/h3-12,16,22H,13-15H2,1-2H3/t22-/m1/s1. The van der Waals surface area contributed by atoms with Crippen LogP contribution in [0, 0.1) is 5.41 Å². The minimum absolute atomic E-state index is 0.131. The summed E-state index contributed by atoms with van der Waals surface area (Å²) in [4.78, 5) is 22.9. The fraction of sp³-hybridized carbons (Fsp3) is 0.259. The molecule has 0 radical (unpaired) electrons. The highest BCUT2D eigenvalue weighted by molar-refractivity contribution is 6.00. The second-order valence-corrected chi connectivity index (χ2v) is 9.65. The van der Waals surface area contributed by atoms with Crippen LogP contribution in [0.3, 0.4) is 0 Å².